The van der Waals surface area contributed by atoms with Crippen molar-refractivity contribution in [3.63, 3.8) is 0 Å². The van der Waals surface area contributed by atoms with E-state index in [2.05, 4.69) is 20.8 Å². The number of nitrogens with one attached hydrogen (secondary N) is 3. The Hall–Kier alpha value is -3.72. The fraction of sp³-hybridized carbons (Fsp3) is 0.0556. The number of nitrogens with zero attached hydrogens (tertiary/aromatic N) is 1. The highest BCUT2D eigenvalue weighted by Crippen LogP contribution is 2.39. The number of anilines is 2. The monoisotopic (exact) mass is 402 g/mol. The Morgan fingerprint density at radius 3 is 2.36 bits per heavy atom. The van der Waals surface area contributed by atoms with Crippen LogP contribution in [0.1, 0.15) is 6.92 Å². The molecule has 144 valence electrons. The van der Waals surface area contributed by atoms with Crippen LogP contribution >= 0.6 is 11.6 Å². The van der Waals surface area contributed by atoms with Crippen LogP contribution in [0, 0.1) is 0 Å². The number of halogens is 1. The minimum atomic E-state index is -0.792. The summed E-state index contributed by atoms with van der Waals surface area (Å²) in [5.41, 5.74) is 1.43. The number of aromatic hydroxyl groups is 2. The van der Waals surface area contributed by atoms with Gasteiger partial charge in [0.25, 0.3) is 0 Å². The first-order valence-corrected chi connectivity index (χ1v) is 8.33. The van der Waals surface area contributed by atoms with Gasteiger partial charge in [-0.05, 0) is 30.3 Å². The maximum Gasteiger partial charge on any atom is 0.417 e. The first-order valence-electron chi connectivity index (χ1n) is 7.95. The number of ether oxygens (including phenoxy) is 1. The molecule has 0 saturated heterocycles. The molecule has 5 N–H and O–H groups in total. The SMILES string of the molecule is CC(=O)Nc1ccc(NC(=O)Oc2cn[nH]c2-c2cc(Cl)c(O)cc2O)cc1. The number of aromatic nitrogens is 2. The topological polar surface area (TPSA) is 137 Å². The molecular formula is C18H15ClN4O5. The lowest BCUT2D eigenvalue weighted by Gasteiger charge is -2.09. The van der Waals surface area contributed by atoms with Gasteiger partial charge in [-0.15, -0.1) is 0 Å². The molecule has 1 heterocycles. The number of hydrogen-bond acceptors (Lipinski definition) is 6. The lowest BCUT2D eigenvalue weighted by Crippen LogP contribution is -2.16. The highest BCUT2D eigenvalue weighted by molar-refractivity contribution is 6.32. The van der Waals surface area contributed by atoms with E-state index in [1.165, 1.54) is 19.2 Å². The van der Waals surface area contributed by atoms with Crippen molar-refractivity contribution in [1.82, 2.24) is 10.2 Å². The minimum absolute atomic E-state index is 0.0112. The maximum absolute atomic E-state index is 12.2. The lowest BCUT2D eigenvalue weighted by atomic mass is 10.1. The fourth-order valence-corrected chi connectivity index (χ4v) is 2.54. The van der Waals surface area contributed by atoms with Gasteiger partial charge in [0.2, 0.25) is 5.91 Å². The number of carbonyl (C=O) groups is 2. The number of H-pyrrole nitrogens is 1. The van der Waals surface area contributed by atoms with E-state index in [0.29, 0.717) is 11.4 Å². The van der Waals surface area contributed by atoms with Crippen molar-refractivity contribution in [2.75, 3.05) is 10.6 Å². The predicted molar refractivity (Wildman–Crippen MR) is 103 cm³/mol. The molecule has 0 spiro atoms. The van der Waals surface area contributed by atoms with Crippen molar-refractivity contribution >= 4 is 35.0 Å². The number of phenols is 2. The summed E-state index contributed by atoms with van der Waals surface area (Å²) in [6, 6.07) is 8.81. The average Bonchev–Trinajstić information content (AvgIpc) is 3.07. The van der Waals surface area contributed by atoms with Gasteiger partial charge in [-0.3, -0.25) is 15.2 Å². The van der Waals surface area contributed by atoms with E-state index in [-0.39, 0.29) is 39.4 Å². The number of carbonyl (C=O) groups excluding carboxylic acids is 2. The second kappa shape index (κ2) is 7.89. The van der Waals surface area contributed by atoms with Crippen LogP contribution < -0.4 is 15.4 Å². The number of rotatable bonds is 4. The molecule has 3 rings (SSSR count). The summed E-state index contributed by atoms with van der Waals surface area (Å²) in [5, 5.41) is 31.1. The largest absolute Gasteiger partial charge is 0.507 e. The van der Waals surface area contributed by atoms with E-state index >= 15 is 0 Å². The van der Waals surface area contributed by atoms with Crippen LogP contribution in [0.3, 0.4) is 0 Å². The van der Waals surface area contributed by atoms with Crippen molar-refractivity contribution < 1.29 is 24.5 Å². The third-order valence-corrected chi connectivity index (χ3v) is 3.90. The molecule has 0 aliphatic carbocycles. The number of hydrogen-bond donors (Lipinski definition) is 5. The maximum atomic E-state index is 12.2. The van der Waals surface area contributed by atoms with Crippen molar-refractivity contribution in [3.05, 3.63) is 47.6 Å². The van der Waals surface area contributed by atoms with Gasteiger partial charge in [-0.25, -0.2) is 4.79 Å². The van der Waals surface area contributed by atoms with Gasteiger partial charge in [-0.2, -0.15) is 5.10 Å². The molecule has 0 aliphatic heterocycles. The van der Waals surface area contributed by atoms with Crippen LogP contribution in [-0.4, -0.2) is 32.4 Å². The lowest BCUT2D eigenvalue weighted by molar-refractivity contribution is -0.114. The van der Waals surface area contributed by atoms with Gasteiger partial charge in [0.15, 0.2) is 5.75 Å². The van der Waals surface area contributed by atoms with E-state index in [1.807, 2.05) is 0 Å². The molecule has 10 heteroatoms. The van der Waals surface area contributed by atoms with Gasteiger partial charge in [0.05, 0.1) is 11.2 Å². The summed E-state index contributed by atoms with van der Waals surface area (Å²) in [7, 11) is 0. The molecule has 9 nitrogen and oxygen atoms in total. The molecule has 28 heavy (non-hydrogen) atoms. The van der Waals surface area contributed by atoms with Gasteiger partial charge in [0.1, 0.15) is 17.2 Å². The van der Waals surface area contributed by atoms with Crippen LogP contribution in [0.4, 0.5) is 16.2 Å². The summed E-state index contributed by atoms with van der Waals surface area (Å²) in [5.74, 6) is -0.718. The van der Waals surface area contributed by atoms with Crippen LogP contribution in [0.15, 0.2) is 42.6 Å². The van der Waals surface area contributed by atoms with Crippen LogP contribution in [0.25, 0.3) is 11.3 Å². The molecule has 0 bridgehead atoms. The van der Waals surface area contributed by atoms with Gasteiger partial charge in [0, 0.05) is 29.9 Å². The second-order valence-corrected chi connectivity index (χ2v) is 6.11. The molecule has 0 aliphatic rings. The number of amides is 2. The van der Waals surface area contributed by atoms with Crippen LogP contribution in [0.2, 0.25) is 5.02 Å². The Balaban J connectivity index is 1.73. The van der Waals surface area contributed by atoms with E-state index < -0.39 is 6.09 Å². The number of aromatic amines is 1. The Labute approximate surface area is 163 Å². The fourth-order valence-electron chi connectivity index (χ4n) is 2.38. The zero-order chi connectivity index (χ0) is 20.3. The number of phenolic OH excluding ortho intramolecular Hbond substituents is 2. The Bertz CT molecular complexity index is 1030. The third kappa shape index (κ3) is 4.33. The highest BCUT2D eigenvalue weighted by atomic mass is 35.5. The molecule has 0 radical (unpaired) electrons. The molecule has 0 atom stereocenters. The van der Waals surface area contributed by atoms with Crippen molar-refractivity contribution in [1.29, 1.82) is 0 Å². The van der Waals surface area contributed by atoms with Crippen LogP contribution in [0.5, 0.6) is 17.2 Å². The quantitative estimate of drug-likeness (QED) is 0.451. The minimum Gasteiger partial charge on any atom is -0.507 e. The molecule has 2 amide bonds. The Kier molecular flexibility index (Phi) is 5.37. The summed E-state index contributed by atoms with van der Waals surface area (Å²) >= 11 is 5.87. The van der Waals surface area contributed by atoms with Crippen molar-refractivity contribution in [2.45, 2.75) is 6.92 Å². The van der Waals surface area contributed by atoms with Gasteiger partial charge >= 0.3 is 6.09 Å². The van der Waals surface area contributed by atoms with E-state index in [9.17, 15) is 19.8 Å². The molecule has 0 unspecified atom stereocenters. The molecular weight excluding hydrogens is 388 g/mol. The molecule has 0 fully saturated rings. The number of benzene rings is 2. The summed E-state index contributed by atoms with van der Waals surface area (Å²) in [4.78, 5) is 23.2. The predicted octanol–water partition coefficient (Wildman–Crippen LogP) is 3.71. The molecule has 1 aromatic heterocycles. The zero-order valence-corrected chi connectivity index (χ0v) is 15.2. The summed E-state index contributed by atoms with van der Waals surface area (Å²) in [6.07, 6.45) is 0.467. The van der Waals surface area contributed by atoms with Gasteiger partial charge in [-0.1, -0.05) is 11.6 Å². The second-order valence-electron chi connectivity index (χ2n) is 5.70. The summed E-state index contributed by atoms with van der Waals surface area (Å²) in [6.45, 7) is 1.39. The molecule has 3 aromatic rings. The zero-order valence-electron chi connectivity index (χ0n) is 14.5. The molecule has 0 saturated carbocycles. The van der Waals surface area contributed by atoms with Crippen molar-refractivity contribution in [2.24, 2.45) is 0 Å². The first kappa shape index (κ1) is 19.1. The smallest absolute Gasteiger partial charge is 0.417 e. The van der Waals surface area contributed by atoms with E-state index in [4.69, 9.17) is 16.3 Å². The van der Waals surface area contributed by atoms with Gasteiger partial charge < -0.3 is 20.3 Å². The standard InChI is InChI=1S/C18H15ClN4O5/c1-9(24)21-10-2-4-11(5-3-10)22-18(27)28-16-8-20-23-17(16)12-6-13(19)15(26)7-14(12)25/h2-8,25-26H,1H3,(H,20,23)(H,21,24)(H,22,27). The van der Waals surface area contributed by atoms with Crippen molar-refractivity contribution in [3.8, 4) is 28.5 Å². The Morgan fingerprint density at radius 2 is 1.71 bits per heavy atom. The summed E-state index contributed by atoms with van der Waals surface area (Å²) < 4.78 is 5.23. The Morgan fingerprint density at radius 1 is 1.07 bits per heavy atom. The molecule has 2 aromatic carbocycles. The normalized spacial score (nSPS) is 10.4. The van der Waals surface area contributed by atoms with Crippen LogP contribution in [-0.2, 0) is 4.79 Å². The van der Waals surface area contributed by atoms with E-state index in [0.717, 1.165) is 6.07 Å². The first-order chi connectivity index (χ1) is 13.3. The van der Waals surface area contributed by atoms with E-state index in [1.54, 1.807) is 24.3 Å². The highest BCUT2D eigenvalue weighted by Gasteiger charge is 2.18. The average molecular weight is 403 g/mol. The third-order valence-electron chi connectivity index (χ3n) is 3.59.